The molecule has 0 aromatic carbocycles. The SMILES string of the molecule is CC/C=C\C/C=C\C/C=C\C/C=C\C/C=C\CCCCCCCCOCC(CO)OC(=O)CCCCCCC/C=C\C/C=C\CCCC. The summed E-state index contributed by atoms with van der Waals surface area (Å²) >= 11 is 0. The molecule has 0 aromatic heterocycles. The topological polar surface area (TPSA) is 55.8 Å². The molecule has 1 N–H and O–H groups in total. The second-order valence-corrected chi connectivity index (χ2v) is 12.6. The summed E-state index contributed by atoms with van der Waals surface area (Å²) in [7, 11) is 0. The second-order valence-electron chi connectivity index (χ2n) is 12.6. The summed E-state index contributed by atoms with van der Waals surface area (Å²) in [5.41, 5.74) is 0. The minimum atomic E-state index is -0.554. The van der Waals surface area contributed by atoms with Crippen LogP contribution in [-0.2, 0) is 14.3 Å². The summed E-state index contributed by atoms with van der Waals surface area (Å²) < 4.78 is 11.1. The van der Waals surface area contributed by atoms with Gasteiger partial charge in [0.15, 0.2) is 0 Å². The Kier molecular flexibility index (Phi) is 38.7. The lowest BCUT2D eigenvalue weighted by atomic mass is 10.1. The van der Waals surface area contributed by atoms with Gasteiger partial charge in [-0.25, -0.2) is 0 Å². The first kappa shape index (κ1) is 45.6. The van der Waals surface area contributed by atoms with Crippen molar-refractivity contribution in [3.63, 3.8) is 0 Å². The Bertz CT molecular complexity index is 876. The van der Waals surface area contributed by atoms with E-state index in [1.165, 1.54) is 57.8 Å². The molecule has 4 nitrogen and oxygen atoms in total. The van der Waals surface area contributed by atoms with Crippen LogP contribution in [0.15, 0.2) is 85.1 Å². The molecule has 0 saturated heterocycles. The average Bonchev–Trinajstić information content (AvgIpc) is 3.09. The Morgan fingerprint density at radius 1 is 0.521 bits per heavy atom. The first-order chi connectivity index (χ1) is 23.7. The lowest BCUT2D eigenvalue weighted by Crippen LogP contribution is -2.27. The predicted octanol–water partition coefficient (Wildman–Crippen LogP) is 12.8. The van der Waals surface area contributed by atoms with Crippen molar-refractivity contribution < 1.29 is 19.4 Å². The summed E-state index contributed by atoms with van der Waals surface area (Å²) in [5.74, 6) is -0.225. The summed E-state index contributed by atoms with van der Waals surface area (Å²) in [4.78, 5) is 12.2. The molecule has 4 heteroatoms. The number of aliphatic hydroxyl groups is 1. The molecular weight excluding hydrogens is 592 g/mol. The molecule has 0 radical (unpaired) electrons. The molecule has 48 heavy (non-hydrogen) atoms. The molecular formula is C44H74O4. The highest BCUT2D eigenvalue weighted by atomic mass is 16.6. The number of allylic oxidation sites excluding steroid dienone is 14. The summed E-state index contributed by atoms with van der Waals surface area (Å²) in [6.07, 6.45) is 56.3. The van der Waals surface area contributed by atoms with Gasteiger partial charge in [0.25, 0.3) is 0 Å². The highest BCUT2D eigenvalue weighted by Crippen LogP contribution is 2.11. The lowest BCUT2D eigenvalue weighted by molar-refractivity contribution is -0.154. The Hall–Kier alpha value is -2.43. The number of esters is 1. The van der Waals surface area contributed by atoms with Crippen molar-refractivity contribution in [2.24, 2.45) is 0 Å². The molecule has 1 unspecified atom stereocenters. The molecule has 274 valence electrons. The van der Waals surface area contributed by atoms with Crippen LogP contribution in [-0.4, -0.2) is 37.0 Å². The third kappa shape index (κ3) is 38.0. The van der Waals surface area contributed by atoms with E-state index in [2.05, 4.69) is 98.9 Å². The molecule has 0 spiro atoms. The van der Waals surface area contributed by atoms with Crippen LogP contribution in [0.1, 0.15) is 162 Å². The van der Waals surface area contributed by atoms with Crippen LogP contribution in [0.4, 0.5) is 0 Å². The van der Waals surface area contributed by atoms with Gasteiger partial charge in [-0.1, -0.05) is 157 Å². The molecule has 0 fully saturated rings. The van der Waals surface area contributed by atoms with E-state index < -0.39 is 6.10 Å². The van der Waals surface area contributed by atoms with E-state index in [4.69, 9.17) is 9.47 Å². The normalized spacial score (nSPS) is 13.3. The largest absolute Gasteiger partial charge is 0.457 e. The van der Waals surface area contributed by atoms with Gasteiger partial charge in [0.2, 0.25) is 0 Å². The molecule has 0 aliphatic carbocycles. The molecule has 0 aliphatic rings. The Morgan fingerprint density at radius 3 is 1.42 bits per heavy atom. The summed E-state index contributed by atoms with van der Waals surface area (Å²) in [5, 5.41) is 9.57. The zero-order valence-corrected chi connectivity index (χ0v) is 31.2. The molecule has 0 saturated carbocycles. The zero-order valence-electron chi connectivity index (χ0n) is 31.2. The van der Waals surface area contributed by atoms with E-state index >= 15 is 0 Å². The minimum Gasteiger partial charge on any atom is -0.457 e. The van der Waals surface area contributed by atoms with Crippen LogP contribution in [0.5, 0.6) is 0 Å². The number of rotatable bonds is 35. The average molecular weight is 667 g/mol. The van der Waals surface area contributed by atoms with Gasteiger partial charge in [-0.3, -0.25) is 4.79 Å². The first-order valence-electron chi connectivity index (χ1n) is 19.7. The molecule has 0 amide bonds. The van der Waals surface area contributed by atoms with Gasteiger partial charge in [-0.05, 0) is 83.5 Å². The van der Waals surface area contributed by atoms with Crippen LogP contribution in [0.2, 0.25) is 0 Å². The summed E-state index contributed by atoms with van der Waals surface area (Å²) in [6, 6.07) is 0. The van der Waals surface area contributed by atoms with E-state index in [-0.39, 0.29) is 19.2 Å². The fourth-order valence-corrected chi connectivity index (χ4v) is 5.02. The van der Waals surface area contributed by atoms with Crippen molar-refractivity contribution in [3.05, 3.63) is 85.1 Å². The number of hydrogen-bond acceptors (Lipinski definition) is 4. The Labute approximate surface area is 297 Å². The molecule has 0 bridgehead atoms. The van der Waals surface area contributed by atoms with Crippen LogP contribution in [0, 0.1) is 0 Å². The van der Waals surface area contributed by atoms with E-state index in [9.17, 15) is 9.90 Å². The molecule has 0 aromatic rings. The van der Waals surface area contributed by atoms with Crippen molar-refractivity contribution in [1.29, 1.82) is 0 Å². The fourth-order valence-electron chi connectivity index (χ4n) is 5.02. The van der Waals surface area contributed by atoms with Gasteiger partial charge < -0.3 is 14.6 Å². The second kappa shape index (κ2) is 40.7. The molecule has 0 heterocycles. The zero-order chi connectivity index (χ0) is 34.9. The molecule has 0 aliphatic heterocycles. The third-order valence-electron chi connectivity index (χ3n) is 7.95. The number of aliphatic hydroxyl groups excluding tert-OH is 1. The van der Waals surface area contributed by atoms with Crippen LogP contribution >= 0.6 is 0 Å². The number of carbonyl (C=O) groups excluding carboxylic acids is 1. The predicted molar refractivity (Wildman–Crippen MR) is 209 cm³/mol. The number of carbonyl (C=O) groups is 1. The van der Waals surface area contributed by atoms with Crippen molar-refractivity contribution in [1.82, 2.24) is 0 Å². The maximum atomic E-state index is 12.2. The van der Waals surface area contributed by atoms with Crippen LogP contribution in [0.3, 0.4) is 0 Å². The minimum absolute atomic E-state index is 0.189. The number of ether oxygens (including phenoxy) is 2. The van der Waals surface area contributed by atoms with E-state index in [1.54, 1.807) is 0 Å². The Morgan fingerprint density at radius 2 is 0.938 bits per heavy atom. The van der Waals surface area contributed by atoms with Crippen molar-refractivity contribution >= 4 is 5.97 Å². The van der Waals surface area contributed by atoms with Crippen molar-refractivity contribution in [2.75, 3.05) is 19.8 Å². The van der Waals surface area contributed by atoms with Crippen molar-refractivity contribution in [3.8, 4) is 0 Å². The van der Waals surface area contributed by atoms with Gasteiger partial charge >= 0.3 is 5.97 Å². The number of unbranched alkanes of at least 4 members (excludes halogenated alkanes) is 13. The molecule has 0 rings (SSSR count). The highest BCUT2D eigenvalue weighted by Gasteiger charge is 2.13. The Balaban J connectivity index is 3.54. The highest BCUT2D eigenvalue weighted by molar-refractivity contribution is 5.69. The van der Waals surface area contributed by atoms with E-state index in [0.717, 1.165) is 83.5 Å². The summed E-state index contributed by atoms with van der Waals surface area (Å²) in [6.45, 7) is 5.13. The number of hydrogen-bond donors (Lipinski definition) is 1. The van der Waals surface area contributed by atoms with Gasteiger partial charge in [0, 0.05) is 13.0 Å². The van der Waals surface area contributed by atoms with Gasteiger partial charge in [-0.15, -0.1) is 0 Å². The van der Waals surface area contributed by atoms with Gasteiger partial charge in [0.1, 0.15) is 6.10 Å². The van der Waals surface area contributed by atoms with E-state index in [1.807, 2.05) is 0 Å². The van der Waals surface area contributed by atoms with Crippen LogP contribution < -0.4 is 0 Å². The smallest absolute Gasteiger partial charge is 0.306 e. The van der Waals surface area contributed by atoms with Gasteiger partial charge in [0.05, 0.1) is 13.2 Å². The monoisotopic (exact) mass is 667 g/mol. The standard InChI is InChI=1S/C44H74O4/c1-3-5-7-9-11-13-15-17-19-20-21-22-23-24-25-26-28-30-32-34-36-38-40-47-42-43(41-45)48-44(46)39-37-35-33-31-29-27-18-16-14-12-10-8-6-4-2/h5,7,10-13,16-19,21-22,24-25,43,45H,3-4,6,8-9,14-15,20,23,26-42H2,1-2H3/b7-5-,12-10-,13-11-,18-16-,19-17-,22-21-,25-24-. The third-order valence-corrected chi connectivity index (χ3v) is 7.95. The molecule has 1 atom stereocenters. The maximum absolute atomic E-state index is 12.2. The van der Waals surface area contributed by atoms with E-state index in [0.29, 0.717) is 13.0 Å². The quantitative estimate of drug-likeness (QED) is 0.0415. The fraction of sp³-hybridized carbons (Fsp3) is 0.659. The van der Waals surface area contributed by atoms with Gasteiger partial charge in [-0.2, -0.15) is 0 Å². The van der Waals surface area contributed by atoms with Crippen LogP contribution in [0.25, 0.3) is 0 Å². The maximum Gasteiger partial charge on any atom is 0.306 e. The first-order valence-corrected chi connectivity index (χ1v) is 19.7. The van der Waals surface area contributed by atoms with Crippen molar-refractivity contribution in [2.45, 2.75) is 168 Å². The lowest BCUT2D eigenvalue weighted by Gasteiger charge is -2.15.